The van der Waals surface area contributed by atoms with Gasteiger partial charge in [-0.15, -0.1) is 0 Å². The van der Waals surface area contributed by atoms with Gasteiger partial charge in [0.1, 0.15) is 22.3 Å². The fourth-order valence-corrected chi connectivity index (χ4v) is 10.6. The first-order chi connectivity index (χ1) is 32.2. The molecule has 0 fully saturated rings. The van der Waals surface area contributed by atoms with Crippen molar-refractivity contribution in [3.63, 3.8) is 0 Å². The van der Waals surface area contributed by atoms with Gasteiger partial charge in [0.05, 0.1) is 16.7 Å². The summed E-state index contributed by atoms with van der Waals surface area (Å²) in [5, 5.41) is 11.7. The summed E-state index contributed by atoms with van der Waals surface area (Å²) >= 11 is 0. The number of rotatable bonds is 5. The second kappa shape index (κ2) is 13.9. The molecule has 65 heavy (non-hydrogen) atoms. The highest BCUT2D eigenvalue weighted by Gasteiger charge is 2.22. The highest BCUT2D eigenvalue weighted by atomic mass is 16.3. The van der Waals surface area contributed by atoms with Gasteiger partial charge in [0, 0.05) is 60.0 Å². The van der Waals surface area contributed by atoms with E-state index >= 15 is 0 Å². The highest BCUT2D eigenvalue weighted by Crippen LogP contribution is 2.45. The third-order valence-electron chi connectivity index (χ3n) is 13.6. The quantitative estimate of drug-likeness (QED) is 0.162. The number of para-hydroxylation sites is 4. The third-order valence-corrected chi connectivity index (χ3v) is 13.6. The normalized spacial score (nSPS) is 12.0. The summed E-state index contributed by atoms with van der Waals surface area (Å²) in [6.07, 6.45) is 0. The number of fused-ring (bicyclic) bond motifs is 12. The maximum absolute atomic E-state index is 6.95. The molecule has 0 unspecified atom stereocenters. The topological polar surface area (TPSA) is 31.2 Å². The highest BCUT2D eigenvalue weighted by molar-refractivity contribution is 6.18. The molecular formula is C62H37NO2. The summed E-state index contributed by atoms with van der Waals surface area (Å²) in [5.41, 5.74) is 15.8. The third kappa shape index (κ3) is 5.36. The van der Waals surface area contributed by atoms with Gasteiger partial charge in [-0.2, -0.15) is 0 Å². The summed E-state index contributed by atoms with van der Waals surface area (Å²) in [4.78, 5) is 0. The van der Waals surface area contributed by atoms with Crippen LogP contribution in [0, 0.1) is 0 Å². The Hall–Kier alpha value is -8.66. The Bertz CT molecular complexity index is 4010. The zero-order valence-electron chi connectivity index (χ0n) is 35.1. The first-order valence-corrected chi connectivity index (χ1v) is 22.2. The lowest BCUT2D eigenvalue weighted by molar-refractivity contribution is 0.670. The Morgan fingerprint density at radius 2 is 0.631 bits per heavy atom. The molecule has 3 nitrogen and oxygen atoms in total. The van der Waals surface area contributed by atoms with Crippen LogP contribution in [0.1, 0.15) is 0 Å². The zero-order chi connectivity index (χ0) is 42.6. The van der Waals surface area contributed by atoms with E-state index < -0.39 is 0 Å². The summed E-state index contributed by atoms with van der Waals surface area (Å²) in [5.74, 6) is 0. The molecule has 302 valence electrons. The number of hydrogen-bond donors (Lipinski definition) is 0. The van der Waals surface area contributed by atoms with Crippen molar-refractivity contribution >= 4 is 87.2 Å². The van der Waals surface area contributed by atoms with Crippen molar-refractivity contribution in [2.24, 2.45) is 0 Å². The van der Waals surface area contributed by atoms with Gasteiger partial charge in [-0.3, -0.25) is 0 Å². The van der Waals surface area contributed by atoms with Gasteiger partial charge in [-0.1, -0.05) is 206 Å². The van der Waals surface area contributed by atoms with E-state index in [1.165, 1.54) is 32.3 Å². The number of nitrogens with zero attached hydrogens (tertiary/aromatic N) is 1. The Morgan fingerprint density at radius 3 is 1.11 bits per heavy atom. The monoisotopic (exact) mass is 827 g/mol. The Kier molecular flexibility index (Phi) is 7.69. The second-order valence-electron chi connectivity index (χ2n) is 17.1. The summed E-state index contributed by atoms with van der Waals surface area (Å²) in [6, 6.07) is 80.8. The molecule has 14 rings (SSSR count). The van der Waals surface area contributed by atoms with Crippen LogP contribution in [-0.4, -0.2) is 4.57 Å². The van der Waals surface area contributed by atoms with E-state index in [0.29, 0.717) is 0 Å². The molecule has 0 aliphatic carbocycles. The predicted molar refractivity (Wildman–Crippen MR) is 272 cm³/mol. The molecule has 0 aliphatic rings. The van der Waals surface area contributed by atoms with Crippen LogP contribution < -0.4 is 0 Å². The lowest BCUT2D eigenvalue weighted by atomic mass is 9.98. The Labute approximate surface area is 373 Å². The van der Waals surface area contributed by atoms with Crippen LogP contribution >= 0.6 is 0 Å². The van der Waals surface area contributed by atoms with E-state index in [-0.39, 0.29) is 0 Å². The molecule has 3 heterocycles. The second-order valence-corrected chi connectivity index (χ2v) is 17.1. The predicted octanol–water partition coefficient (Wildman–Crippen LogP) is 17.6. The van der Waals surface area contributed by atoms with Crippen LogP contribution in [0.3, 0.4) is 0 Å². The molecule has 11 aromatic carbocycles. The van der Waals surface area contributed by atoms with Gasteiger partial charge in [0.2, 0.25) is 0 Å². The van der Waals surface area contributed by atoms with Crippen molar-refractivity contribution in [3.05, 3.63) is 224 Å². The van der Waals surface area contributed by atoms with E-state index in [2.05, 4.69) is 229 Å². The van der Waals surface area contributed by atoms with Crippen molar-refractivity contribution in [2.45, 2.75) is 0 Å². The maximum Gasteiger partial charge on any atom is 0.143 e. The molecule has 0 amide bonds. The summed E-state index contributed by atoms with van der Waals surface area (Å²) in [7, 11) is 0. The lowest BCUT2D eigenvalue weighted by Crippen LogP contribution is -1.97. The van der Waals surface area contributed by atoms with Crippen LogP contribution in [0.2, 0.25) is 0 Å². The fourth-order valence-electron chi connectivity index (χ4n) is 10.6. The SMILES string of the molecule is c1ccc(-c2cccc3c2oc2c(-c4ccc5c6ccc(-c7cccc8c7oc7c(-c9ccccc9)cccc78)cc6n(-c6cc7ccccc7c7ccccc67)c5c4)cccc23)cc1. The average Bonchev–Trinajstić information content (AvgIpc) is 4.06. The van der Waals surface area contributed by atoms with Crippen molar-refractivity contribution in [1.29, 1.82) is 0 Å². The van der Waals surface area contributed by atoms with E-state index in [4.69, 9.17) is 8.83 Å². The fraction of sp³-hybridized carbons (Fsp3) is 0. The zero-order valence-corrected chi connectivity index (χ0v) is 35.1. The van der Waals surface area contributed by atoms with Gasteiger partial charge in [-0.25, -0.2) is 0 Å². The standard InChI is InChI=1S/C62H37NO2/c1-3-15-38(16-4-1)44-23-11-27-52-54-29-13-25-46(61(54)64-59(44)52)41-31-33-50-51-34-32-42(47-26-14-30-55-53-28-12-24-45(60(53)65-62(47)55)39-17-5-2-6-18-39)37-58(51)63(57(50)36-41)56-35-40-19-7-8-20-43(40)48-21-9-10-22-49(48)56/h1-37H. The summed E-state index contributed by atoms with van der Waals surface area (Å²) in [6.45, 7) is 0. The molecule has 0 bridgehead atoms. The van der Waals surface area contributed by atoms with E-state index in [1.54, 1.807) is 0 Å². The van der Waals surface area contributed by atoms with E-state index in [0.717, 1.165) is 105 Å². The molecular weight excluding hydrogens is 791 g/mol. The molecule has 0 atom stereocenters. The number of benzene rings is 11. The molecule has 0 aliphatic heterocycles. The number of furan rings is 2. The smallest absolute Gasteiger partial charge is 0.143 e. The molecule has 3 heteroatoms. The minimum absolute atomic E-state index is 0.890. The van der Waals surface area contributed by atoms with E-state index in [1.807, 2.05) is 0 Å². The van der Waals surface area contributed by atoms with Crippen LogP contribution in [0.4, 0.5) is 0 Å². The van der Waals surface area contributed by atoms with Gasteiger partial charge in [-0.05, 0) is 56.6 Å². The largest absolute Gasteiger partial charge is 0.455 e. The Morgan fingerprint density at radius 1 is 0.246 bits per heavy atom. The van der Waals surface area contributed by atoms with Crippen LogP contribution in [0.25, 0.3) is 137 Å². The molecule has 0 N–H and O–H groups in total. The first kappa shape index (κ1) is 35.9. The Balaban J connectivity index is 1.03. The van der Waals surface area contributed by atoms with Crippen LogP contribution in [0.15, 0.2) is 233 Å². The van der Waals surface area contributed by atoms with Crippen LogP contribution in [0.5, 0.6) is 0 Å². The number of hydrogen-bond acceptors (Lipinski definition) is 2. The van der Waals surface area contributed by atoms with Crippen molar-refractivity contribution in [2.75, 3.05) is 0 Å². The minimum atomic E-state index is 0.890. The molecule has 0 spiro atoms. The van der Waals surface area contributed by atoms with Gasteiger partial charge in [0.25, 0.3) is 0 Å². The minimum Gasteiger partial charge on any atom is -0.455 e. The molecule has 14 aromatic rings. The molecule has 0 saturated carbocycles. The van der Waals surface area contributed by atoms with Crippen molar-refractivity contribution in [1.82, 2.24) is 4.57 Å². The number of aromatic nitrogens is 1. The maximum atomic E-state index is 6.95. The molecule has 0 saturated heterocycles. The summed E-state index contributed by atoms with van der Waals surface area (Å²) < 4.78 is 16.4. The van der Waals surface area contributed by atoms with Crippen LogP contribution in [-0.2, 0) is 0 Å². The van der Waals surface area contributed by atoms with Crippen molar-refractivity contribution < 1.29 is 8.83 Å². The first-order valence-electron chi connectivity index (χ1n) is 22.2. The molecule has 0 radical (unpaired) electrons. The van der Waals surface area contributed by atoms with Gasteiger partial charge in [0.15, 0.2) is 0 Å². The average molecular weight is 828 g/mol. The van der Waals surface area contributed by atoms with Crippen molar-refractivity contribution in [3.8, 4) is 50.2 Å². The van der Waals surface area contributed by atoms with Gasteiger partial charge < -0.3 is 13.4 Å². The lowest BCUT2D eigenvalue weighted by Gasteiger charge is -2.15. The van der Waals surface area contributed by atoms with E-state index in [9.17, 15) is 0 Å². The van der Waals surface area contributed by atoms with Gasteiger partial charge >= 0.3 is 0 Å². The molecule has 3 aromatic heterocycles.